The van der Waals surface area contributed by atoms with Gasteiger partial charge in [0.1, 0.15) is 0 Å². The molecular formula is C24H27ClN4O3S. The summed E-state index contributed by atoms with van der Waals surface area (Å²) in [5.41, 5.74) is 3.79. The average Bonchev–Trinajstić information content (AvgIpc) is 3.37. The van der Waals surface area contributed by atoms with Crippen molar-refractivity contribution in [1.82, 2.24) is 13.9 Å². The van der Waals surface area contributed by atoms with Crippen molar-refractivity contribution in [2.45, 2.75) is 44.2 Å². The van der Waals surface area contributed by atoms with Crippen molar-refractivity contribution in [3.63, 3.8) is 0 Å². The number of carbonyl (C=O) groups excluding carboxylic acids is 1. The highest BCUT2D eigenvalue weighted by Crippen LogP contribution is 2.57. The second-order valence-electron chi connectivity index (χ2n) is 9.33. The SMILES string of the molecule is O=C1N(Cc2cc3cc(Cl)ccc3n2CCCN2CCCS2(O)O)c2cnccc2C12CC2. The first-order chi connectivity index (χ1) is 15.9. The molecule has 4 heterocycles. The lowest BCUT2D eigenvalue weighted by Gasteiger charge is -2.36. The summed E-state index contributed by atoms with van der Waals surface area (Å²) in [5.74, 6) is 0.640. The summed E-state index contributed by atoms with van der Waals surface area (Å²) < 4.78 is 24.5. The van der Waals surface area contributed by atoms with Gasteiger partial charge in [0.15, 0.2) is 0 Å². The number of amides is 1. The van der Waals surface area contributed by atoms with Crippen LogP contribution < -0.4 is 4.90 Å². The fourth-order valence-corrected chi connectivity index (χ4v) is 7.28. The summed E-state index contributed by atoms with van der Waals surface area (Å²) in [4.78, 5) is 19.6. The highest BCUT2D eigenvalue weighted by molar-refractivity contribution is 8.22. The molecule has 1 saturated heterocycles. The van der Waals surface area contributed by atoms with E-state index in [0.29, 0.717) is 23.9 Å². The van der Waals surface area contributed by atoms with E-state index >= 15 is 0 Å². The second kappa shape index (κ2) is 7.71. The summed E-state index contributed by atoms with van der Waals surface area (Å²) >= 11 is 6.27. The summed E-state index contributed by atoms with van der Waals surface area (Å²) in [7, 11) is -2.61. The van der Waals surface area contributed by atoms with Crippen LogP contribution in [0.4, 0.5) is 5.69 Å². The number of nitrogens with zero attached hydrogens (tertiary/aromatic N) is 4. The fourth-order valence-electron chi connectivity index (χ4n) is 5.48. The molecule has 1 saturated carbocycles. The highest BCUT2D eigenvalue weighted by Gasteiger charge is 2.59. The molecule has 33 heavy (non-hydrogen) atoms. The number of hydrogen-bond donors (Lipinski definition) is 2. The number of benzene rings is 1. The van der Waals surface area contributed by atoms with E-state index < -0.39 is 10.8 Å². The van der Waals surface area contributed by atoms with Crippen molar-refractivity contribution < 1.29 is 13.9 Å². The van der Waals surface area contributed by atoms with E-state index in [4.69, 9.17) is 11.6 Å². The molecule has 1 amide bonds. The molecule has 1 spiro atoms. The third-order valence-electron chi connectivity index (χ3n) is 7.31. The summed E-state index contributed by atoms with van der Waals surface area (Å²) in [6.07, 6.45) is 7.00. The van der Waals surface area contributed by atoms with Crippen LogP contribution in [0, 0.1) is 0 Å². The van der Waals surface area contributed by atoms with Crippen molar-refractivity contribution >= 4 is 44.9 Å². The van der Waals surface area contributed by atoms with E-state index in [1.165, 1.54) is 0 Å². The van der Waals surface area contributed by atoms with Crippen LogP contribution in [-0.2, 0) is 23.3 Å². The van der Waals surface area contributed by atoms with Gasteiger partial charge in [0, 0.05) is 47.5 Å². The molecule has 0 atom stereocenters. The zero-order valence-corrected chi connectivity index (χ0v) is 19.9. The first-order valence-corrected chi connectivity index (χ1v) is 13.5. The number of aromatic nitrogens is 2. The van der Waals surface area contributed by atoms with Crippen LogP contribution in [0.15, 0.2) is 42.7 Å². The van der Waals surface area contributed by atoms with Crippen molar-refractivity contribution in [3.05, 3.63) is 59.0 Å². The standard InChI is InChI=1S/C24H27ClN4O3S/c25-18-3-4-21-17(13-18)14-19(28(21)11-1-9-27-10-2-12-33(27,31)32)16-29-22-15-26-8-5-20(22)24(6-7-24)23(29)30/h3-5,8,13-15,31-32H,1-2,6-7,9-12,16H2. The Morgan fingerprint density at radius 3 is 2.76 bits per heavy atom. The van der Waals surface area contributed by atoms with Crippen LogP contribution in [0.25, 0.3) is 10.9 Å². The zero-order chi connectivity index (χ0) is 22.8. The molecule has 9 heteroatoms. The molecule has 0 bridgehead atoms. The van der Waals surface area contributed by atoms with Crippen LogP contribution in [0.5, 0.6) is 0 Å². The fraction of sp³-hybridized carbons (Fsp3) is 0.417. The minimum atomic E-state index is -2.61. The van der Waals surface area contributed by atoms with Gasteiger partial charge < -0.3 is 9.47 Å². The largest absolute Gasteiger partial charge is 0.343 e. The molecule has 2 aromatic heterocycles. The number of rotatable bonds is 6. The van der Waals surface area contributed by atoms with Gasteiger partial charge in [-0.1, -0.05) is 11.6 Å². The smallest absolute Gasteiger partial charge is 0.238 e. The number of carbonyl (C=O) groups is 1. The lowest BCUT2D eigenvalue weighted by molar-refractivity contribution is -0.120. The first-order valence-electron chi connectivity index (χ1n) is 11.4. The monoisotopic (exact) mass is 486 g/mol. The summed E-state index contributed by atoms with van der Waals surface area (Å²) in [6, 6.07) is 9.97. The normalized spacial score (nSPS) is 21.8. The van der Waals surface area contributed by atoms with E-state index in [9.17, 15) is 13.9 Å². The van der Waals surface area contributed by atoms with Crippen LogP contribution in [0.2, 0.25) is 5.02 Å². The number of fused-ring (bicyclic) bond motifs is 3. The van der Waals surface area contributed by atoms with Gasteiger partial charge in [0.05, 0.1) is 29.6 Å². The van der Waals surface area contributed by atoms with E-state index in [-0.39, 0.29) is 11.3 Å². The van der Waals surface area contributed by atoms with E-state index in [1.54, 1.807) is 6.20 Å². The van der Waals surface area contributed by atoms with Crippen molar-refractivity contribution in [2.24, 2.45) is 0 Å². The number of hydrogen-bond acceptors (Lipinski definition) is 5. The first kappa shape index (κ1) is 21.4. The zero-order valence-electron chi connectivity index (χ0n) is 18.3. The van der Waals surface area contributed by atoms with E-state index in [0.717, 1.165) is 66.6 Å². The maximum absolute atomic E-state index is 13.4. The van der Waals surface area contributed by atoms with Gasteiger partial charge in [-0.15, -0.1) is 10.8 Å². The Morgan fingerprint density at radius 2 is 2.00 bits per heavy atom. The molecule has 3 aromatic rings. The average molecular weight is 487 g/mol. The maximum atomic E-state index is 13.4. The van der Waals surface area contributed by atoms with Gasteiger partial charge in [0.2, 0.25) is 5.91 Å². The molecule has 2 aliphatic heterocycles. The van der Waals surface area contributed by atoms with E-state index in [1.807, 2.05) is 39.7 Å². The minimum Gasteiger partial charge on any atom is -0.343 e. The van der Waals surface area contributed by atoms with Crippen molar-refractivity contribution in [3.8, 4) is 0 Å². The quantitative estimate of drug-likeness (QED) is 0.510. The molecule has 174 valence electrons. The Hall–Kier alpha value is -2.10. The minimum absolute atomic E-state index is 0.173. The van der Waals surface area contributed by atoms with Gasteiger partial charge in [-0.25, -0.2) is 4.31 Å². The summed E-state index contributed by atoms with van der Waals surface area (Å²) in [6.45, 7) is 2.56. The number of aryl methyl sites for hydroxylation is 1. The molecule has 0 radical (unpaired) electrons. The second-order valence-corrected chi connectivity index (χ2v) is 12.0. The Labute approximate surface area is 199 Å². The molecule has 2 fully saturated rings. The Balaban J connectivity index is 1.30. The lowest BCUT2D eigenvalue weighted by atomic mass is 9.99. The van der Waals surface area contributed by atoms with Gasteiger partial charge >= 0.3 is 0 Å². The number of pyridine rings is 1. The van der Waals surface area contributed by atoms with Gasteiger partial charge in [-0.3, -0.25) is 18.9 Å². The molecule has 1 aliphatic carbocycles. The van der Waals surface area contributed by atoms with Crippen LogP contribution in [0.1, 0.15) is 36.9 Å². The predicted molar refractivity (Wildman–Crippen MR) is 132 cm³/mol. The maximum Gasteiger partial charge on any atom is 0.238 e. The Bertz CT molecular complexity index is 1260. The molecule has 3 aliphatic rings. The van der Waals surface area contributed by atoms with Crippen molar-refractivity contribution in [2.75, 3.05) is 23.7 Å². The Morgan fingerprint density at radius 1 is 1.15 bits per heavy atom. The van der Waals surface area contributed by atoms with Gasteiger partial charge in [-0.05, 0) is 61.6 Å². The van der Waals surface area contributed by atoms with Crippen LogP contribution in [-0.4, -0.2) is 47.7 Å². The van der Waals surface area contributed by atoms with Crippen molar-refractivity contribution in [1.29, 1.82) is 0 Å². The molecule has 2 N–H and O–H groups in total. The molecule has 0 unspecified atom stereocenters. The number of anilines is 1. The lowest BCUT2D eigenvalue weighted by Crippen LogP contribution is -2.32. The third-order valence-corrected chi connectivity index (χ3v) is 9.57. The number of halogens is 1. The van der Waals surface area contributed by atoms with Crippen LogP contribution >= 0.6 is 22.4 Å². The molecular weight excluding hydrogens is 460 g/mol. The highest BCUT2D eigenvalue weighted by atomic mass is 35.5. The third kappa shape index (κ3) is 3.47. The predicted octanol–water partition coefficient (Wildman–Crippen LogP) is 5.03. The topological polar surface area (TPSA) is 81.8 Å². The van der Waals surface area contributed by atoms with E-state index in [2.05, 4.69) is 15.6 Å². The molecule has 1 aromatic carbocycles. The molecule has 6 rings (SSSR count). The van der Waals surface area contributed by atoms with Crippen LogP contribution in [0.3, 0.4) is 0 Å². The van der Waals surface area contributed by atoms with Gasteiger partial charge in [-0.2, -0.15) is 0 Å². The Kier molecular flexibility index (Phi) is 5.01. The van der Waals surface area contributed by atoms with Gasteiger partial charge in [0.25, 0.3) is 0 Å². The summed E-state index contributed by atoms with van der Waals surface area (Å²) in [5, 5.41) is 1.73. The molecule has 7 nitrogen and oxygen atoms in total.